The van der Waals surface area contributed by atoms with Crippen molar-refractivity contribution in [3.8, 4) is 28.3 Å². The third-order valence-electron chi connectivity index (χ3n) is 4.36. The van der Waals surface area contributed by atoms with Gasteiger partial charge in [-0.3, -0.25) is 4.98 Å². The Kier molecular flexibility index (Phi) is 5.33. The van der Waals surface area contributed by atoms with Crippen molar-refractivity contribution >= 4 is 0 Å². The molecule has 2 nitrogen and oxygen atoms in total. The highest BCUT2D eigenvalue weighted by Gasteiger charge is 2.36. The Bertz CT molecular complexity index is 1000. The molecular formula is C21H12F6N2. The van der Waals surface area contributed by atoms with Gasteiger partial charge in [0.2, 0.25) is 0 Å². The first kappa shape index (κ1) is 20.4. The minimum absolute atomic E-state index is 0.0334. The van der Waals surface area contributed by atoms with Gasteiger partial charge in [-0.15, -0.1) is 0 Å². The van der Waals surface area contributed by atoms with Gasteiger partial charge in [-0.2, -0.15) is 31.6 Å². The quantitative estimate of drug-likeness (QED) is 0.465. The van der Waals surface area contributed by atoms with Crippen LogP contribution < -0.4 is 0 Å². The van der Waals surface area contributed by atoms with Crippen molar-refractivity contribution in [2.24, 2.45) is 0 Å². The smallest absolute Gasteiger partial charge is 0.263 e. The Morgan fingerprint density at radius 3 is 1.48 bits per heavy atom. The fraction of sp³-hybridized carbons (Fsp3) is 0.143. The summed E-state index contributed by atoms with van der Waals surface area (Å²) in [4.78, 5) is 3.88. The van der Waals surface area contributed by atoms with Gasteiger partial charge in [-0.1, -0.05) is 36.4 Å². The monoisotopic (exact) mass is 406 g/mol. The molecule has 0 spiro atoms. The maximum atomic E-state index is 13.5. The number of hydrogen-bond donors (Lipinski definition) is 0. The number of pyridine rings is 1. The van der Waals surface area contributed by atoms with Gasteiger partial charge >= 0.3 is 12.4 Å². The second-order valence-electron chi connectivity index (χ2n) is 6.13. The summed E-state index contributed by atoms with van der Waals surface area (Å²) in [5.74, 6) is 0. The molecule has 0 unspecified atom stereocenters. The lowest BCUT2D eigenvalue weighted by Crippen LogP contribution is -2.09. The molecule has 0 aliphatic rings. The molecule has 3 aromatic rings. The van der Waals surface area contributed by atoms with Crippen molar-refractivity contribution in [1.29, 1.82) is 5.26 Å². The highest BCUT2D eigenvalue weighted by atomic mass is 19.4. The molecule has 0 aliphatic carbocycles. The molecule has 1 aromatic heterocycles. The van der Waals surface area contributed by atoms with Crippen molar-refractivity contribution in [1.82, 2.24) is 4.98 Å². The minimum atomic E-state index is -4.68. The van der Waals surface area contributed by atoms with Crippen LogP contribution >= 0.6 is 0 Å². The molecule has 8 heteroatoms. The highest BCUT2D eigenvalue weighted by molar-refractivity contribution is 5.81. The van der Waals surface area contributed by atoms with E-state index in [0.29, 0.717) is 0 Å². The number of alkyl halides is 6. The van der Waals surface area contributed by atoms with Crippen LogP contribution in [0.1, 0.15) is 16.7 Å². The Morgan fingerprint density at radius 1 is 0.690 bits per heavy atom. The van der Waals surface area contributed by atoms with Gasteiger partial charge in [-0.25, -0.2) is 0 Å². The summed E-state index contributed by atoms with van der Waals surface area (Å²) in [5.41, 5.74) is -2.42. The molecular weight excluding hydrogens is 394 g/mol. The number of rotatable bonds is 3. The SMILES string of the molecule is N#CCc1c(-c2ccccc2C(F)(F)F)cncc1-c1ccccc1C(F)(F)F. The molecule has 148 valence electrons. The summed E-state index contributed by atoms with van der Waals surface area (Å²) in [5, 5.41) is 9.21. The van der Waals surface area contributed by atoms with Crippen LogP contribution in [-0.4, -0.2) is 4.98 Å². The van der Waals surface area contributed by atoms with Crippen molar-refractivity contribution in [2.45, 2.75) is 18.8 Å². The van der Waals surface area contributed by atoms with Crippen molar-refractivity contribution in [3.05, 3.63) is 77.6 Å². The molecule has 3 rings (SSSR count). The van der Waals surface area contributed by atoms with Gasteiger partial charge in [-0.05, 0) is 28.8 Å². The van der Waals surface area contributed by atoms with Crippen LogP contribution in [0.25, 0.3) is 22.3 Å². The van der Waals surface area contributed by atoms with E-state index in [4.69, 9.17) is 0 Å². The summed E-state index contributed by atoms with van der Waals surface area (Å²) in [6, 6.07) is 11.2. The van der Waals surface area contributed by atoms with E-state index in [1.54, 1.807) is 0 Å². The molecule has 0 amide bonds. The van der Waals surface area contributed by atoms with E-state index < -0.39 is 23.5 Å². The van der Waals surface area contributed by atoms with E-state index in [-0.39, 0.29) is 34.2 Å². The van der Waals surface area contributed by atoms with Crippen LogP contribution in [0.2, 0.25) is 0 Å². The van der Waals surface area contributed by atoms with Crippen LogP contribution in [0, 0.1) is 11.3 Å². The van der Waals surface area contributed by atoms with E-state index in [0.717, 1.165) is 24.5 Å². The van der Waals surface area contributed by atoms with Gasteiger partial charge in [0.1, 0.15) is 0 Å². The predicted molar refractivity (Wildman–Crippen MR) is 94.4 cm³/mol. The van der Waals surface area contributed by atoms with Crippen LogP contribution in [0.3, 0.4) is 0 Å². The average Bonchev–Trinajstić information content (AvgIpc) is 2.67. The molecule has 29 heavy (non-hydrogen) atoms. The first-order valence-corrected chi connectivity index (χ1v) is 8.31. The second-order valence-corrected chi connectivity index (χ2v) is 6.13. The fourth-order valence-electron chi connectivity index (χ4n) is 3.15. The Labute approximate surface area is 162 Å². The van der Waals surface area contributed by atoms with Crippen LogP contribution in [0.15, 0.2) is 60.9 Å². The maximum Gasteiger partial charge on any atom is 0.417 e. The molecule has 0 atom stereocenters. The average molecular weight is 406 g/mol. The molecule has 0 bridgehead atoms. The number of halogens is 6. The number of benzene rings is 2. The number of aromatic nitrogens is 1. The normalized spacial score (nSPS) is 11.9. The summed E-state index contributed by atoms with van der Waals surface area (Å²) >= 11 is 0. The second kappa shape index (κ2) is 7.59. The topological polar surface area (TPSA) is 36.7 Å². The van der Waals surface area contributed by atoms with Gasteiger partial charge < -0.3 is 0 Å². The summed E-state index contributed by atoms with van der Waals surface area (Å²) in [7, 11) is 0. The van der Waals surface area contributed by atoms with Crippen LogP contribution in [-0.2, 0) is 18.8 Å². The van der Waals surface area contributed by atoms with Crippen molar-refractivity contribution < 1.29 is 26.3 Å². The first-order chi connectivity index (χ1) is 13.6. The van der Waals surface area contributed by atoms with Gasteiger partial charge in [0, 0.05) is 23.5 Å². The van der Waals surface area contributed by atoms with Crippen molar-refractivity contribution in [2.75, 3.05) is 0 Å². The standard InChI is InChI=1S/C21H12F6N2/c22-20(23,24)18-7-3-1-5-14(18)16-11-29-12-17(13(16)9-10-28)15-6-2-4-8-19(15)21(25,26)27/h1-8,11-12H,9H2. The fourth-order valence-corrected chi connectivity index (χ4v) is 3.15. The van der Waals surface area contributed by atoms with E-state index in [2.05, 4.69) is 4.98 Å². The maximum absolute atomic E-state index is 13.5. The van der Waals surface area contributed by atoms with Crippen LogP contribution in [0.4, 0.5) is 26.3 Å². The predicted octanol–water partition coefficient (Wildman–Crippen LogP) is 6.52. The molecule has 0 fully saturated rings. The third kappa shape index (κ3) is 4.09. The number of hydrogen-bond acceptors (Lipinski definition) is 2. The Balaban J connectivity index is 2.33. The van der Waals surface area contributed by atoms with E-state index in [1.165, 1.54) is 36.4 Å². The molecule has 0 saturated carbocycles. The number of nitrogens with zero attached hydrogens (tertiary/aromatic N) is 2. The van der Waals surface area contributed by atoms with E-state index >= 15 is 0 Å². The molecule has 2 aromatic carbocycles. The Hall–Kier alpha value is -3.34. The van der Waals surface area contributed by atoms with Gasteiger partial charge in [0.05, 0.1) is 23.6 Å². The third-order valence-corrected chi connectivity index (χ3v) is 4.36. The van der Waals surface area contributed by atoms with Crippen molar-refractivity contribution in [3.63, 3.8) is 0 Å². The lowest BCUT2D eigenvalue weighted by molar-refractivity contribution is -0.137. The Morgan fingerprint density at radius 2 is 1.10 bits per heavy atom. The zero-order valence-corrected chi connectivity index (χ0v) is 14.6. The van der Waals surface area contributed by atoms with Gasteiger partial charge in [0.25, 0.3) is 0 Å². The zero-order valence-electron chi connectivity index (χ0n) is 14.6. The highest BCUT2D eigenvalue weighted by Crippen LogP contribution is 2.42. The largest absolute Gasteiger partial charge is 0.417 e. The summed E-state index contributed by atoms with van der Waals surface area (Å²) in [6.07, 6.45) is -7.47. The van der Waals surface area contributed by atoms with E-state index in [1.807, 2.05) is 6.07 Å². The van der Waals surface area contributed by atoms with Crippen LogP contribution in [0.5, 0.6) is 0 Å². The molecule has 0 aliphatic heterocycles. The first-order valence-electron chi connectivity index (χ1n) is 8.31. The molecule has 1 heterocycles. The molecule has 0 radical (unpaired) electrons. The molecule has 0 N–H and O–H groups in total. The summed E-state index contributed by atoms with van der Waals surface area (Å²) in [6.45, 7) is 0. The number of nitriles is 1. The lowest BCUT2D eigenvalue weighted by Gasteiger charge is -2.19. The summed E-state index contributed by atoms with van der Waals surface area (Å²) < 4.78 is 80.8. The van der Waals surface area contributed by atoms with E-state index in [9.17, 15) is 31.6 Å². The molecule has 0 saturated heterocycles. The zero-order chi connectivity index (χ0) is 21.2. The van der Waals surface area contributed by atoms with Gasteiger partial charge in [0.15, 0.2) is 0 Å². The lowest BCUT2D eigenvalue weighted by atomic mass is 9.89. The minimum Gasteiger partial charge on any atom is -0.263 e.